The van der Waals surface area contributed by atoms with E-state index in [4.69, 9.17) is 4.74 Å². The van der Waals surface area contributed by atoms with Gasteiger partial charge in [-0.05, 0) is 64.0 Å². The summed E-state index contributed by atoms with van der Waals surface area (Å²) in [6.07, 6.45) is 3.49. The Balaban J connectivity index is 1.55. The minimum Gasteiger partial charge on any atom is -0.497 e. The first-order valence-corrected chi connectivity index (χ1v) is 13.9. The lowest BCUT2D eigenvalue weighted by Gasteiger charge is -2.28. The summed E-state index contributed by atoms with van der Waals surface area (Å²) in [6.45, 7) is 2.57. The van der Waals surface area contributed by atoms with Crippen LogP contribution in [0, 0.1) is 9.49 Å². The Kier molecular flexibility index (Phi) is 9.42. The van der Waals surface area contributed by atoms with Crippen molar-refractivity contribution in [2.24, 2.45) is 5.92 Å². The number of ether oxygens (including phenoxy) is 1. The molecule has 8 heteroatoms. The Morgan fingerprint density at radius 2 is 1.85 bits per heavy atom. The molecule has 2 N–H and O–H groups in total. The molecule has 0 spiro atoms. The minimum absolute atomic E-state index is 0.0819. The van der Waals surface area contributed by atoms with Gasteiger partial charge in [-0.3, -0.25) is 9.59 Å². The number of hydrogen-bond donors (Lipinski definition) is 2. The van der Waals surface area contributed by atoms with Crippen LogP contribution >= 0.6 is 22.6 Å². The SMILES string of the molecule is COc1ccc2c(c1)[C@](O)([C@@H](C)/C=C/CC(=O)N(CCO)Cc1ccccc1)C(=O)N2Cc1cccc(I)c1. The number of carbonyl (C=O) groups excluding carboxylic acids is 2. The Labute approximate surface area is 242 Å². The minimum atomic E-state index is -1.82. The molecule has 39 heavy (non-hydrogen) atoms. The zero-order chi connectivity index (χ0) is 28.0. The van der Waals surface area contributed by atoms with Crippen molar-refractivity contribution in [3.63, 3.8) is 0 Å². The summed E-state index contributed by atoms with van der Waals surface area (Å²) in [6, 6.07) is 22.8. The maximum atomic E-state index is 13.8. The normalized spacial score (nSPS) is 17.4. The molecular weight excluding hydrogens is 607 g/mol. The van der Waals surface area contributed by atoms with Crippen molar-refractivity contribution in [2.45, 2.75) is 32.0 Å². The molecule has 2 atom stereocenters. The molecule has 0 radical (unpaired) electrons. The van der Waals surface area contributed by atoms with Crippen LogP contribution in [0.15, 0.2) is 84.9 Å². The second-order valence-electron chi connectivity index (χ2n) is 9.62. The average Bonchev–Trinajstić information content (AvgIpc) is 3.15. The molecule has 0 aliphatic carbocycles. The summed E-state index contributed by atoms with van der Waals surface area (Å²) in [7, 11) is 1.55. The highest BCUT2D eigenvalue weighted by Crippen LogP contribution is 2.47. The predicted molar refractivity (Wildman–Crippen MR) is 159 cm³/mol. The first-order chi connectivity index (χ1) is 18.8. The maximum absolute atomic E-state index is 13.8. The van der Waals surface area contributed by atoms with Crippen LogP contribution in [-0.4, -0.2) is 47.2 Å². The van der Waals surface area contributed by atoms with Crippen molar-refractivity contribution in [1.29, 1.82) is 0 Å². The van der Waals surface area contributed by atoms with Gasteiger partial charge in [0.25, 0.3) is 5.91 Å². The summed E-state index contributed by atoms with van der Waals surface area (Å²) >= 11 is 2.24. The molecule has 1 aliphatic heterocycles. The fourth-order valence-electron chi connectivity index (χ4n) is 4.89. The van der Waals surface area contributed by atoms with Gasteiger partial charge in [-0.25, -0.2) is 0 Å². The van der Waals surface area contributed by atoms with Crippen LogP contribution in [0.25, 0.3) is 0 Å². The molecule has 7 nitrogen and oxygen atoms in total. The summed E-state index contributed by atoms with van der Waals surface area (Å²) in [5, 5.41) is 21.4. The number of amides is 2. The van der Waals surface area contributed by atoms with Gasteiger partial charge >= 0.3 is 0 Å². The van der Waals surface area contributed by atoms with Crippen LogP contribution in [0.3, 0.4) is 0 Å². The fraction of sp³-hybridized carbons (Fsp3) is 0.290. The average molecular weight is 641 g/mol. The third kappa shape index (κ3) is 6.34. The molecule has 0 unspecified atom stereocenters. The van der Waals surface area contributed by atoms with Gasteiger partial charge in [-0.15, -0.1) is 0 Å². The van der Waals surface area contributed by atoms with Gasteiger partial charge in [0.1, 0.15) is 5.75 Å². The largest absolute Gasteiger partial charge is 0.497 e. The van der Waals surface area contributed by atoms with E-state index in [1.54, 1.807) is 54.2 Å². The molecule has 0 saturated carbocycles. The number of methoxy groups -OCH3 is 1. The van der Waals surface area contributed by atoms with Gasteiger partial charge in [-0.2, -0.15) is 0 Å². The maximum Gasteiger partial charge on any atom is 0.264 e. The zero-order valence-electron chi connectivity index (χ0n) is 22.1. The number of benzene rings is 3. The van der Waals surface area contributed by atoms with Crippen LogP contribution in [0.2, 0.25) is 0 Å². The second kappa shape index (κ2) is 12.8. The zero-order valence-corrected chi connectivity index (χ0v) is 24.2. The number of hydrogen-bond acceptors (Lipinski definition) is 5. The summed E-state index contributed by atoms with van der Waals surface area (Å²) in [5.74, 6) is -0.643. The topological polar surface area (TPSA) is 90.3 Å². The molecule has 0 aromatic heterocycles. The van der Waals surface area contributed by atoms with Crippen LogP contribution < -0.4 is 9.64 Å². The lowest BCUT2D eigenvalue weighted by molar-refractivity contribution is -0.139. The Morgan fingerprint density at radius 1 is 1.10 bits per heavy atom. The van der Waals surface area contributed by atoms with Crippen LogP contribution in [-0.2, 0) is 28.3 Å². The van der Waals surface area contributed by atoms with Crippen molar-refractivity contribution in [3.05, 3.63) is 105 Å². The van der Waals surface area contributed by atoms with Crippen molar-refractivity contribution < 1.29 is 24.5 Å². The van der Waals surface area contributed by atoms with E-state index in [2.05, 4.69) is 22.6 Å². The first-order valence-electron chi connectivity index (χ1n) is 12.8. The highest BCUT2D eigenvalue weighted by atomic mass is 127. The molecule has 3 aromatic carbocycles. The fourth-order valence-corrected chi connectivity index (χ4v) is 5.49. The van der Waals surface area contributed by atoms with Gasteiger partial charge in [0.05, 0.1) is 25.9 Å². The highest BCUT2D eigenvalue weighted by Gasteiger charge is 2.52. The quantitative estimate of drug-likeness (QED) is 0.236. The smallest absolute Gasteiger partial charge is 0.264 e. The van der Waals surface area contributed by atoms with Crippen molar-refractivity contribution in [3.8, 4) is 5.75 Å². The molecule has 2 amide bonds. The number of nitrogens with zero attached hydrogens (tertiary/aromatic N) is 2. The molecule has 4 rings (SSSR count). The van der Waals surface area contributed by atoms with E-state index < -0.39 is 17.4 Å². The van der Waals surface area contributed by atoms with Crippen LogP contribution in [0.5, 0.6) is 5.75 Å². The number of aliphatic hydroxyl groups is 2. The molecule has 1 heterocycles. The van der Waals surface area contributed by atoms with Crippen molar-refractivity contribution in [2.75, 3.05) is 25.2 Å². The van der Waals surface area contributed by atoms with E-state index >= 15 is 0 Å². The monoisotopic (exact) mass is 640 g/mol. The van der Waals surface area contributed by atoms with Crippen molar-refractivity contribution in [1.82, 2.24) is 4.90 Å². The standard InChI is InChI=1S/C31H33IN2O5/c1-22(8-6-13-29(36)33(16-17-35)20-23-9-4-3-5-10-23)31(38)27-19-26(39-2)14-15-28(27)34(30(31)37)21-24-11-7-12-25(32)18-24/h3-12,14-15,18-19,22,35,38H,13,16-17,20-21H2,1-2H3/b8-6+/t22-,31+/m0/s1. The third-order valence-corrected chi connectivity index (χ3v) is 7.69. The second-order valence-corrected chi connectivity index (χ2v) is 10.9. The van der Waals surface area contributed by atoms with Gasteiger partial charge in [0.15, 0.2) is 5.60 Å². The van der Waals surface area contributed by atoms with E-state index in [0.29, 0.717) is 30.1 Å². The number of fused-ring (bicyclic) bond motifs is 1. The van der Waals surface area contributed by atoms with E-state index in [1.807, 2.05) is 54.6 Å². The predicted octanol–water partition coefficient (Wildman–Crippen LogP) is 4.64. The number of halogens is 1. The van der Waals surface area contributed by atoms with E-state index in [1.165, 1.54) is 0 Å². The lowest BCUT2D eigenvalue weighted by atomic mass is 9.83. The molecular formula is C31H33IN2O5. The van der Waals surface area contributed by atoms with Crippen LogP contribution in [0.1, 0.15) is 30.0 Å². The lowest BCUT2D eigenvalue weighted by Crippen LogP contribution is -2.44. The molecule has 0 bridgehead atoms. The van der Waals surface area contributed by atoms with Gasteiger partial charge < -0.3 is 24.7 Å². The number of anilines is 1. The molecule has 0 fully saturated rings. The Hall–Kier alpha value is -3.21. The third-order valence-electron chi connectivity index (χ3n) is 7.02. The summed E-state index contributed by atoms with van der Waals surface area (Å²) in [4.78, 5) is 30.0. The number of rotatable bonds is 11. The first kappa shape index (κ1) is 28.8. The molecule has 0 saturated heterocycles. The van der Waals surface area contributed by atoms with E-state index in [0.717, 1.165) is 14.7 Å². The number of aliphatic hydroxyl groups excluding tert-OH is 1. The van der Waals surface area contributed by atoms with Crippen molar-refractivity contribution >= 4 is 40.1 Å². The number of carbonyl (C=O) groups is 2. The van der Waals surface area contributed by atoms with Gasteiger partial charge in [0, 0.05) is 34.6 Å². The Morgan fingerprint density at radius 3 is 2.54 bits per heavy atom. The van der Waals surface area contributed by atoms with Gasteiger partial charge in [-0.1, -0.05) is 61.5 Å². The van der Waals surface area contributed by atoms with E-state index in [9.17, 15) is 19.8 Å². The Bertz CT molecular complexity index is 1350. The highest BCUT2D eigenvalue weighted by molar-refractivity contribution is 14.1. The molecule has 3 aromatic rings. The van der Waals surface area contributed by atoms with E-state index in [-0.39, 0.29) is 25.5 Å². The molecule has 1 aliphatic rings. The van der Waals surface area contributed by atoms with Gasteiger partial charge in [0.2, 0.25) is 5.91 Å². The molecule has 204 valence electrons. The summed E-state index contributed by atoms with van der Waals surface area (Å²) in [5.41, 5.74) is 1.22. The summed E-state index contributed by atoms with van der Waals surface area (Å²) < 4.78 is 6.46. The van der Waals surface area contributed by atoms with Crippen LogP contribution in [0.4, 0.5) is 5.69 Å².